The van der Waals surface area contributed by atoms with Gasteiger partial charge in [0.2, 0.25) is 0 Å². The molecule has 2 unspecified atom stereocenters. The fourth-order valence-corrected chi connectivity index (χ4v) is 2.77. The van der Waals surface area contributed by atoms with Gasteiger partial charge in [-0.25, -0.2) is 0 Å². The van der Waals surface area contributed by atoms with Crippen molar-refractivity contribution in [3.8, 4) is 0 Å². The first kappa shape index (κ1) is 13.6. The normalized spacial score (nSPS) is 24.1. The summed E-state index contributed by atoms with van der Waals surface area (Å²) in [6, 6.07) is 8.68. The van der Waals surface area contributed by atoms with E-state index in [0.29, 0.717) is 6.10 Å². The summed E-state index contributed by atoms with van der Waals surface area (Å²) in [4.78, 5) is 0. The number of hydrogen-bond donors (Lipinski definition) is 1. The second kappa shape index (κ2) is 6.91. The molecule has 2 rings (SSSR count). The highest BCUT2D eigenvalue weighted by molar-refractivity contribution is 5.22. The molecule has 100 valence electrons. The Balaban J connectivity index is 1.87. The zero-order valence-electron chi connectivity index (χ0n) is 11.6. The Bertz CT molecular complexity index is 364. The van der Waals surface area contributed by atoms with E-state index in [-0.39, 0.29) is 0 Å². The van der Waals surface area contributed by atoms with Crippen LogP contribution in [0.3, 0.4) is 0 Å². The largest absolute Gasteiger partial charge is 0.373 e. The van der Waals surface area contributed by atoms with Crippen LogP contribution >= 0.6 is 0 Å². The topological polar surface area (TPSA) is 21.3 Å². The van der Waals surface area contributed by atoms with Crippen LogP contribution in [0.15, 0.2) is 24.3 Å². The van der Waals surface area contributed by atoms with Gasteiger partial charge in [0.1, 0.15) is 0 Å². The SMILES string of the molecule is CNCc1cccc(COC2CCCCC2C)c1. The van der Waals surface area contributed by atoms with E-state index in [1.165, 1.54) is 36.8 Å². The highest BCUT2D eigenvalue weighted by atomic mass is 16.5. The van der Waals surface area contributed by atoms with Crippen molar-refractivity contribution in [2.45, 2.75) is 51.9 Å². The fraction of sp³-hybridized carbons (Fsp3) is 0.625. The Hall–Kier alpha value is -0.860. The molecule has 18 heavy (non-hydrogen) atoms. The predicted octanol–water partition coefficient (Wildman–Crippen LogP) is 3.50. The molecular weight excluding hydrogens is 222 g/mol. The number of ether oxygens (including phenoxy) is 1. The highest BCUT2D eigenvalue weighted by Crippen LogP contribution is 2.27. The van der Waals surface area contributed by atoms with Crippen LogP contribution in [0.5, 0.6) is 0 Å². The zero-order chi connectivity index (χ0) is 12.8. The average Bonchev–Trinajstić information content (AvgIpc) is 2.39. The van der Waals surface area contributed by atoms with E-state index in [2.05, 4.69) is 36.5 Å². The Morgan fingerprint density at radius 3 is 2.78 bits per heavy atom. The molecule has 1 aromatic rings. The maximum Gasteiger partial charge on any atom is 0.0720 e. The third kappa shape index (κ3) is 3.82. The Morgan fingerprint density at radius 1 is 1.22 bits per heavy atom. The summed E-state index contributed by atoms with van der Waals surface area (Å²) in [7, 11) is 1.98. The van der Waals surface area contributed by atoms with Crippen molar-refractivity contribution in [2.24, 2.45) is 5.92 Å². The van der Waals surface area contributed by atoms with E-state index in [9.17, 15) is 0 Å². The van der Waals surface area contributed by atoms with Gasteiger partial charge >= 0.3 is 0 Å². The predicted molar refractivity (Wildman–Crippen MR) is 75.4 cm³/mol. The van der Waals surface area contributed by atoms with Crippen LogP contribution in [-0.2, 0) is 17.9 Å². The molecule has 0 aromatic heterocycles. The molecule has 0 heterocycles. The fourth-order valence-electron chi connectivity index (χ4n) is 2.77. The van der Waals surface area contributed by atoms with Crippen molar-refractivity contribution in [1.82, 2.24) is 5.32 Å². The van der Waals surface area contributed by atoms with Gasteiger partial charge in [-0.15, -0.1) is 0 Å². The Labute approximate surface area is 111 Å². The van der Waals surface area contributed by atoms with Crippen LogP contribution in [0.2, 0.25) is 0 Å². The van der Waals surface area contributed by atoms with Gasteiger partial charge in [-0.2, -0.15) is 0 Å². The smallest absolute Gasteiger partial charge is 0.0720 e. The second-order valence-corrected chi connectivity index (χ2v) is 5.46. The number of hydrogen-bond acceptors (Lipinski definition) is 2. The van der Waals surface area contributed by atoms with Crippen LogP contribution in [-0.4, -0.2) is 13.2 Å². The molecule has 2 heteroatoms. The quantitative estimate of drug-likeness (QED) is 0.860. The van der Waals surface area contributed by atoms with Gasteiger partial charge < -0.3 is 10.1 Å². The molecule has 0 spiro atoms. The van der Waals surface area contributed by atoms with E-state index >= 15 is 0 Å². The van der Waals surface area contributed by atoms with Crippen molar-refractivity contribution < 1.29 is 4.74 Å². The van der Waals surface area contributed by atoms with E-state index in [1.54, 1.807) is 0 Å². The monoisotopic (exact) mass is 247 g/mol. The van der Waals surface area contributed by atoms with E-state index in [0.717, 1.165) is 19.1 Å². The van der Waals surface area contributed by atoms with Crippen LogP contribution < -0.4 is 5.32 Å². The minimum atomic E-state index is 0.465. The summed E-state index contributed by atoms with van der Waals surface area (Å²) in [5.41, 5.74) is 2.62. The lowest BCUT2D eigenvalue weighted by atomic mass is 9.88. The first-order valence-corrected chi connectivity index (χ1v) is 7.13. The van der Waals surface area contributed by atoms with Crippen molar-refractivity contribution in [1.29, 1.82) is 0 Å². The lowest BCUT2D eigenvalue weighted by molar-refractivity contribution is -0.0154. The molecule has 0 radical (unpaired) electrons. The molecule has 0 amide bonds. The second-order valence-electron chi connectivity index (χ2n) is 5.46. The molecular formula is C16H25NO. The van der Waals surface area contributed by atoms with Crippen molar-refractivity contribution in [3.63, 3.8) is 0 Å². The van der Waals surface area contributed by atoms with Crippen molar-refractivity contribution in [2.75, 3.05) is 7.05 Å². The lowest BCUT2D eigenvalue weighted by Crippen LogP contribution is -2.25. The summed E-state index contributed by atoms with van der Waals surface area (Å²) < 4.78 is 6.09. The van der Waals surface area contributed by atoms with E-state index < -0.39 is 0 Å². The molecule has 2 atom stereocenters. The summed E-state index contributed by atoms with van der Waals surface area (Å²) in [6.07, 6.45) is 5.72. The van der Waals surface area contributed by atoms with Gasteiger partial charge in [0, 0.05) is 6.54 Å². The molecule has 0 bridgehead atoms. The minimum absolute atomic E-state index is 0.465. The molecule has 1 aliphatic rings. The summed E-state index contributed by atoms with van der Waals surface area (Å²) in [5.74, 6) is 0.722. The van der Waals surface area contributed by atoms with Crippen LogP contribution in [0.25, 0.3) is 0 Å². The summed E-state index contributed by atoms with van der Waals surface area (Å²) >= 11 is 0. The van der Waals surface area contributed by atoms with E-state index in [4.69, 9.17) is 4.74 Å². The highest BCUT2D eigenvalue weighted by Gasteiger charge is 2.21. The first-order chi connectivity index (χ1) is 8.79. The van der Waals surface area contributed by atoms with Crippen molar-refractivity contribution in [3.05, 3.63) is 35.4 Å². The van der Waals surface area contributed by atoms with Crippen LogP contribution in [0.1, 0.15) is 43.7 Å². The van der Waals surface area contributed by atoms with E-state index in [1.807, 2.05) is 7.05 Å². The number of nitrogens with one attached hydrogen (secondary N) is 1. The van der Waals surface area contributed by atoms with Crippen LogP contribution in [0, 0.1) is 5.92 Å². The maximum absolute atomic E-state index is 6.09. The molecule has 0 aliphatic heterocycles. The lowest BCUT2D eigenvalue weighted by Gasteiger charge is -2.28. The molecule has 0 saturated heterocycles. The van der Waals surface area contributed by atoms with Crippen LogP contribution in [0.4, 0.5) is 0 Å². The van der Waals surface area contributed by atoms with Crippen molar-refractivity contribution >= 4 is 0 Å². The summed E-state index contributed by atoms with van der Waals surface area (Å²) in [6.45, 7) is 4.00. The molecule has 1 N–H and O–H groups in total. The Morgan fingerprint density at radius 2 is 2.00 bits per heavy atom. The van der Waals surface area contributed by atoms with Gasteiger partial charge in [-0.3, -0.25) is 0 Å². The minimum Gasteiger partial charge on any atom is -0.373 e. The molecule has 1 saturated carbocycles. The zero-order valence-corrected chi connectivity index (χ0v) is 11.6. The van der Waals surface area contributed by atoms with Gasteiger partial charge in [-0.1, -0.05) is 44.0 Å². The molecule has 1 aliphatic carbocycles. The van der Waals surface area contributed by atoms with Gasteiger partial charge in [-0.05, 0) is 36.9 Å². The number of benzene rings is 1. The first-order valence-electron chi connectivity index (χ1n) is 7.13. The van der Waals surface area contributed by atoms with Gasteiger partial charge in [0.05, 0.1) is 12.7 Å². The Kier molecular flexibility index (Phi) is 5.21. The van der Waals surface area contributed by atoms with Gasteiger partial charge in [0.25, 0.3) is 0 Å². The third-order valence-corrected chi connectivity index (χ3v) is 3.87. The average molecular weight is 247 g/mol. The third-order valence-electron chi connectivity index (χ3n) is 3.87. The van der Waals surface area contributed by atoms with Gasteiger partial charge in [0.15, 0.2) is 0 Å². The molecule has 1 fully saturated rings. The maximum atomic E-state index is 6.09. The molecule has 1 aromatic carbocycles. The standard InChI is InChI=1S/C16H25NO/c1-13-6-3-4-9-16(13)18-12-15-8-5-7-14(10-15)11-17-2/h5,7-8,10,13,16-17H,3-4,6,9,11-12H2,1-2H3. The summed E-state index contributed by atoms with van der Waals surface area (Å²) in [5, 5.41) is 3.18. The molecule has 2 nitrogen and oxygen atoms in total. The number of rotatable bonds is 5.